The Hall–Kier alpha value is 1.50. The Morgan fingerprint density at radius 2 is 1.35 bits per heavy atom. The third-order valence-electron chi connectivity index (χ3n) is 4.08. The molecular formula is C18H22S8. The molecule has 3 rings (SSSR count). The van der Waals surface area contributed by atoms with Gasteiger partial charge in [-0.25, -0.2) is 0 Å². The topological polar surface area (TPSA) is 0 Å². The van der Waals surface area contributed by atoms with E-state index in [0.717, 1.165) is 11.5 Å². The molecule has 0 radical (unpaired) electrons. The highest BCUT2D eigenvalue weighted by molar-refractivity contribution is 8.24. The molecule has 0 amide bonds. The fourth-order valence-electron chi connectivity index (χ4n) is 2.83. The SMILES string of the molecule is CSC(c1cccc(C(SC)C2SC=C(CS)S2)c1)C1SC=C(CS)S1. The van der Waals surface area contributed by atoms with Gasteiger partial charge in [-0.15, -0.1) is 47.0 Å². The lowest BCUT2D eigenvalue weighted by Gasteiger charge is -2.25. The van der Waals surface area contributed by atoms with Crippen LogP contribution in [0.2, 0.25) is 0 Å². The molecular weight excluding hydrogens is 473 g/mol. The molecule has 2 aliphatic rings. The third-order valence-corrected chi connectivity index (χ3v) is 13.6. The first-order valence-electron chi connectivity index (χ1n) is 8.09. The maximum Gasteiger partial charge on any atom is 0.0747 e. The molecule has 142 valence electrons. The predicted octanol–water partition coefficient (Wildman–Crippen LogP) is 7.65. The monoisotopic (exact) mass is 494 g/mol. The first kappa shape index (κ1) is 22.2. The maximum absolute atomic E-state index is 4.44. The molecule has 0 N–H and O–H groups in total. The van der Waals surface area contributed by atoms with Crippen molar-refractivity contribution in [2.45, 2.75) is 19.7 Å². The van der Waals surface area contributed by atoms with Gasteiger partial charge in [-0.1, -0.05) is 24.3 Å². The normalized spacial score (nSPS) is 25.1. The second kappa shape index (κ2) is 11.0. The summed E-state index contributed by atoms with van der Waals surface area (Å²) in [6.45, 7) is 0. The summed E-state index contributed by atoms with van der Waals surface area (Å²) in [5.74, 6) is 1.70. The van der Waals surface area contributed by atoms with Crippen molar-refractivity contribution in [3.8, 4) is 0 Å². The van der Waals surface area contributed by atoms with Crippen molar-refractivity contribution in [3.05, 3.63) is 56.0 Å². The van der Waals surface area contributed by atoms with Gasteiger partial charge in [0.05, 0.1) is 19.7 Å². The van der Waals surface area contributed by atoms with Gasteiger partial charge < -0.3 is 0 Å². The van der Waals surface area contributed by atoms with Crippen LogP contribution in [0.1, 0.15) is 21.6 Å². The lowest BCUT2D eigenvalue weighted by molar-refractivity contribution is 1.03. The predicted molar refractivity (Wildman–Crippen MR) is 141 cm³/mol. The van der Waals surface area contributed by atoms with E-state index in [2.05, 4.69) is 72.9 Å². The highest BCUT2D eigenvalue weighted by Crippen LogP contribution is 2.53. The molecule has 26 heavy (non-hydrogen) atoms. The van der Waals surface area contributed by atoms with E-state index < -0.39 is 0 Å². The number of thioether (sulfide) groups is 6. The Morgan fingerprint density at radius 1 is 0.885 bits per heavy atom. The van der Waals surface area contributed by atoms with Gasteiger partial charge in [0.15, 0.2) is 0 Å². The van der Waals surface area contributed by atoms with E-state index >= 15 is 0 Å². The van der Waals surface area contributed by atoms with Gasteiger partial charge in [0.25, 0.3) is 0 Å². The molecule has 0 bridgehead atoms. The van der Waals surface area contributed by atoms with Crippen molar-refractivity contribution < 1.29 is 0 Å². The zero-order valence-corrected chi connectivity index (χ0v) is 21.2. The quantitative estimate of drug-likeness (QED) is 0.354. The number of thiol groups is 2. The molecule has 2 heterocycles. The number of hydrogen-bond donors (Lipinski definition) is 2. The molecule has 1 aromatic rings. The number of hydrogen-bond acceptors (Lipinski definition) is 8. The van der Waals surface area contributed by atoms with Crippen molar-refractivity contribution in [1.82, 2.24) is 0 Å². The molecule has 8 heteroatoms. The number of benzene rings is 1. The smallest absolute Gasteiger partial charge is 0.0747 e. The van der Waals surface area contributed by atoms with E-state index in [0.29, 0.717) is 19.7 Å². The van der Waals surface area contributed by atoms with Crippen LogP contribution in [0.5, 0.6) is 0 Å². The van der Waals surface area contributed by atoms with Crippen molar-refractivity contribution in [2.75, 3.05) is 24.0 Å². The van der Waals surface area contributed by atoms with Crippen LogP contribution in [0.25, 0.3) is 0 Å². The lowest BCUT2D eigenvalue weighted by Crippen LogP contribution is -2.10. The zero-order valence-electron chi connectivity index (χ0n) is 14.5. The Labute approximate surface area is 193 Å². The summed E-state index contributed by atoms with van der Waals surface area (Å²) in [5, 5.41) is 5.57. The average molecular weight is 495 g/mol. The van der Waals surface area contributed by atoms with E-state index in [1.54, 1.807) is 0 Å². The van der Waals surface area contributed by atoms with Gasteiger partial charge in [0.1, 0.15) is 0 Å². The largest absolute Gasteiger partial charge is 0.174 e. The van der Waals surface area contributed by atoms with Crippen molar-refractivity contribution >= 4 is 95.8 Å². The van der Waals surface area contributed by atoms with Crippen molar-refractivity contribution in [3.63, 3.8) is 0 Å². The number of rotatable bonds is 8. The Kier molecular flexibility index (Phi) is 9.43. The second-order valence-corrected chi connectivity index (χ2v) is 13.5. The molecule has 4 atom stereocenters. The van der Waals surface area contributed by atoms with Crippen LogP contribution in [-0.4, -0.2) is 33.2 Å². The average Bonchev–Trinajstić information content (AvgIpc) is 3.33. The fraction of sp³-hybridized carbons (Fsp3) is 0.444. The van der Waals surface area contributed by atoms with Gasteiger partial charge in [0, 0.05) is 21.3 Å². The summed E-state index contributed by atoms with van der Waals surface area (Å²) in [6, 6.07) is 9.29. The Balaban J connectivity index is 1.76. The minimum atomic E-state index is 0.496. The summed E-state index contributed by atoms with van der Waals surface area (Å²) < 4.78 is 1.09. The summed E-state index contributed by atoms with van der Waals surface area (Å²) in [7, 11) is 0. The molecule has 4 unspecified atom stereocenters. The van der Waals surface area contributed by atoms with Crippen molar-refractivity contribution in [2.24, 2.45) is 0 Å². The van der Waals surface area contributed by atoms with Crippen LogP contribution in [-0.2, 0) is 0 Å². The van der Waals surface area contributed by atoms with E-state index in [1.165, 1.54) is 20.9 Å². The Bertz CT molecular complexity index is 618. The molecule has 0 saturated carbocycles. The minimum absolute atomic E-state index is 0.496. The second-order valence-electron chi connectivity index (χ2n) is 5.71. The van der Waals surface area contributed by atoms with Gasteiger partial charge >= 0.3 is 0 Å². The van der Waals surface area contributed by atoms with Crippen LogP contribution < -0.4 is 0 Å². The molecule has 0 fully saturated rings. The van der Waals surface area contributed by atoms with Crippen LogP contribution >= 0.6 is 95.8 Å². The molecule has 0 nitrogen and oxygen atoms in total. The molecule has 0 saturated heterocycles. The summed E-state index contributed by atoms with van der Waals surface area (Å²) in [5.41, 5.74) is 2.89. The fourth-order valence-corrected chi connectivity index (χ4v) is 12.0. The van der Waals surface area contributed by atoms with Gasteiger partial charge in [-0.2, -0.15) is 48.8 Å². The van der Waals surface area contributed by atoms with Gasteiger partial charge in [-0.3, -0.25) is 0 Å². The first-order valence-corrected chi connectivity index (χ1v) is 15.6. The van der Waals surface area contributed by atoms with Gasteiger partial charge in [0.2, 0.25) is 0 Å². The highest BCUT2D eigenvalue weighted by Gasteiger charge is 2.31. The summed E-state index contributed by atoms with van der Waals surface area (Å²) in [4.78, 5) is 2.79. The summed E-state index contributed by atoms with van der Waals surface area (Å²) >= 11 is 20.7. The zero-order chi connectivity index (χ0) is 18.5. The standard InChI is InChI=1S/C18H22S8/c1-21-15(17-23-9-13(7-19)25-17)11-4-3-5-12(6-11)16(22-2)18-24-10-14(8-20)26-18/h3-6,9-10,15-20H,7-8H2,1-2H3. The molecule has 0 spiro atoms. The highest BCUT2D eigenvalue weighted by atomic mass is 32.2. The minimum Gasteiger partial charge on any atom is -0.174 e. The summed E-state index contributed by atoms with van der Waals surface area (Å²) in [6.07, 6.45) is 4.46. The van der Waals surface area contributed by atoms with Crippen LogP contribution in [0, 0.1) is 0 Å². The molecule has 2 aliphatic heterocycles. The third kappa shape index (κ3) is 5.35. The van der Waals surface area contributed by atoms with E-state index in [1.807, 2.05) is 70.6 Å². The first-order chi connectivity index (χ1) is 12.7. The van der Waals surface area contributed by atoms with Crippen LogP contribution in [0.4, 0.5) is 0 Å². The molecule has 0 aliphatic carbocycles. The van der Waals surface area contributed by atoms with Crippen molar-refractivity contribution in [1.29, 1.82) is 0 Å². The lowest BCUT2D eigenvalue weighted by atomic mass is 10.1. The van der Waals surface area contributed by atoms with E-state index in [9.17, 15) is 0 Å². The Morgan fingerprint density at radius 3 is 1.69 bits per heavy atom. The molecule has 1 aromatic carbocycles. The van der Waals surface area contributed by atoms with Gasteiger partial charge in [-0.05, 0) is 34.5 Å². The van der Waals surface area contributed by atoms with Crippen LogP contribution in [0.3, 0.4) is 0 Å². The van der Waals surface area contributed by atoms with E-state index in [-0.39, 0.29) is 0 Å². The van der Waals surface area contributed by atoms with E-state index in [4.69, 9.17) is 0 Å². The van der Waals surface area contributed by atoms with Crippen LogP contribution in [0.15, 0.2) is 44.9 Å². The molecule has 0 aromatic heterocycles. The maximum atomic E-state index is 4.44.